The molecule has 3 aromatic rings. The molecule has 1 heterocycles. The standard InChI is InChI=1S/C24H27N5O2S/c1-4-18(3)27-24(30)26-15-5-6-20-16-23(19-9-7-17(2)8-10-19)29(28-20)21-11-13-22(14-12-21)32(25)31/h4,7-14,16H,1,3,5-6,15,25H2,2H3,(H2,26,27,30). The lowest BCUT2D eigenvalue weighted by Crippen LogP contribution is -2.34. The Bertz CT molecular complexity index is 1130. The molecule has 0 saturated heterocycles. The number of nitrogens with zero attached hydrogens (tertiary/aromatic N) is 2. The number of benzene rings is 2. The Labute approximate surface area is 190 Å². The third kappa shape index (κ3) is 6.03. The average molecular weight is 450 g/mol. The van der Waals surface area contributed by atoms with Gasteiger partial charge in [-0.15, -0.1) is 0 Å². The van der Waals surface area contributed by atoms with Crippen molar-refractivity contribution in [2.45, 2.75) is 24.7 Å². The summed E-state index contributed by atoms with van der Waals surface area (Å²) in [4.78, 5) is 12.3. The Kier molecular flexibility index (Phi) is 7.75. The van der Waals surface area contributed by atoms with Gasteiger partial charge < -0.3 is 10.6 Å². The summed E-state index contributed by atoms with van der Waals surface area (Å²) in [5.74, 6) is 0. The molecule has 8 heteroatoms. The van der Waals surface area contributed by atoms with Crippen LogP contribution in [0.3, 0.4) is 0 Å². The van der Waals surface area contributed by atoms with Crippen LogP contribution in [-0.2, 0) is 17.4 Å². The second-order valence-corrected chi connectivity index (χ2v) is 8.37. The first-order valence-corrected chi connectivity index (χ1v) is 11.4. The zero-order chi connectivity index (χ0) is 23.1. The first-order valence-electron chi connectivity index (χ1n) is 10.2. The molecule has 166 valence electrons. The first kappa shape index (κ1) is 23.2. The molecule has 2 amide bonds. The van der Waals surface area contributed by atoms with Gasteiger partial charge in [0.25, 0.3) is 0 Å². The minimum absolute atomic E-state index is 0.307. The molecule has 0 aliphatic heterocycles. The highest BCUT2D eigenvalue weighted by Crippen LogP contribution is 2.25. The van der Waals surface area contributed by atoms with Gasteiger partial charge in [-0.3, -0.25) is 0 Å². The second-order valence-electron chi connectivity index (χ2n) is 7.30. The largest absolute Gasteiger partial charge is 0.338 e. The molecular weight excluding hydrogens is 422 g/mol. The number of carbonyl (C=O) groups excluding carboxylic acids is 1. The summed E-state index contributed by atoms with van der Waals surface area (Å²) in [5, 5.41) is 15.6. The zero-order valence-electron chi connectivity index (χ0n) is 18.0. The summed E-state index contributed by atoms with van der Waals surface area (Å²) >= 11 is 0. The first-order chi connectivity index (χ1) is 15.4. The van der Waals surface area contributed by atoms with Gasteiger partial charge in [-0.1, -0.05) is 43.0 Å². The highest BCUT2D eigenvalue weighted by molar-refractivity contribution is 7.82. The van der Waals surface area contributed by atoms with Crippen molar-refractivity contribution >= 4 is 17.0 Å². The van der Waals surface area contributed by atoms with Crippen molar-refractivity contribution < 1.29 is 9.00 Å². The van der Waals surface area contributed by atoms with Gasteiger partial charge in [-0.25, -0.2) is 18.8 Å². The Morgan fingerprint density at radius 3 is 2.50 bits per heavy atom. The molecular formula is C24H27N5O2S. The molecule has 0 saturated carbocycles. The van der Waals surface area contributed by atoms with E-state index in [4.69, 9.17) is 10.2 Å². The summed E-state index contributed by atoms with van der Waals surface area (Å²) < 4.78 is 13.4. The summed E-state index contributed by atoms with van der Waals surface area (Å²) in [7, 11) is -1.53. The number of aromatic nitrogens is 2. The van der Waals surface area contributed by atoms with Crippen LogP contribution in [-0.4, -0.2) is 26.6 Å². The summed E-state index contributed by atoms with van der Waals surface area (Å²) in [6.07, 6.45) is 2.90. The minimum atomic E-state index is -1.53. The molecule has 0 radical (unpaired) electrons. The number of rotatable bonds is 9. The van der Waals surface area contributed by atoms with Gasteiger partial charge in [0.1, 0.15) is 11.0 Å². The van der Waals surface area contributed by atoms with Crippen molar-refractivity contribution in [3.8, 4) is 16.9 Å². The Balaban J connectivity index is 1.77. The fourth-order valence-corrected chi connectivity index (χ4v) is 3.52. The molecule has 2 aromatic carbocycles. The molecule has 0 fully saturated rings. The third-order valence-corrected chi connectivity index (χ3v) is 5.57. The van der Waals surface area contributed by atoms with Crippen molar-refractivity contribution in [2.24, 2.45) is 5.14 Å². The van der Waals surface area contributed by atoms with Crippen molar-refractivity contribution in [1.82, 2.24) is 20.4 Å². The van der Waals surface area contributed by atoms with Crippen LogP contribution in [0.5, 0.6) is 0 Å². The van der Waals surface area contributed by atoms with Crippen molar-refractivity contribution in [2.75, 3.05) is 6.54 Å². The highest BCUT2D eigenvalue weighted by Gasteiger charge is 2.12. The van der Waals surface area contributed by atoms with Crippen LogP contribution < -0.4 is 15.8 Å². The normalized spacial score (nSPS) is 11.6. The molecule has 1 unspecified atom stereocenters. The van der Waals surface area contributed by atoms with Crippen LogP contribution in [0.1, 0.15) is 17.7 Å². The van der Waals surface area contributed by atoms with Crippen LogP contribution in [0, 0.1) is 6.92 Å². The molecule has 0 aliphatic rings. The molecule has 0 spiro atoms. The number of nitrogens with one attached hydrogen (secondary N) is 2. The average Bonchev–Trinajstić information content (AvgIpc) is 3.21. The number of aryl methyl sites for hydroxylation is 2. The van der Waals surface area contributed by atoms with Crippen LogP contribution in [0.2, 0.25) is 0 Å². The molecule has 0 bridgehead atoms. The quantitative estimate of drug-likeness (QED) is 0.342. The Morgan fingerprint density at radius 1 is 1.19 bits per heavy atom. The number of amides is 2. The maximum absolute atomic E-state index is 11.8. The maximum atomic E-state index is 11.8. The summed E-state index contributed by atoms with van der Waals surface area (Å²) in [6, 6.07) is 17.2. The fourth-order valence-electron chi connectivity index (χ4n) is 3.11. The zero-order valence-corrected chi connectivity index (χ0v) is 18.8. The van der Waals surface area contributed by atoms with Gasteiger partial charge >= 0.3 is 6.03 Å². The lowest BCUT2D eigenvalue weighted by atomic mass is 10.1. The number of hydrogen-bond donors (Lipinski definition) is 3. The van der Waals surface area contributed by atoms with Gasteiger partial charge in [-0.2, -0.15) is 5.10 Å². The molecule has 3 rings (SSSR count). The number of hydrogen-bond acceptors (Lipinski definition) is 3. The van der Waals surface area contributed by atoms with E-state index >= 15 is 0 Å². The smallest absolute Gasteiger partial charge is 0.319 e. The molecule has 32 heavy (non-hydrogen) atoms. The van der Waals surface area contributed by atoms with Crippen LogP contribution in [0.4, 0.5) is 4.79 Å². The topological polar surface area (TPSA) is 102 Å². The highest BCUT2D eigenvalue weighted by atomic mass is 32.2. The SMILES string of the molecule is C=CC(=C)NC(=O)NCCCc1cc(-c2ccc(C)cc2)n(-c2ccc(S(N)=O)cc2)n1. The van der Waals surface area contributed by atoms with E-state index < -0.39 is 11.0 Å². The van der Waals surface area contributed by atoms with Gasteiger partial charge in [0.15, 0.2) is 0 Å². The molecule has 0 aliphatic carbocycles. The van der Waals surface area contributed by atoms with Crippen LogP contribution in [0.15, 0.2) is 84.4 Å². The number of urea groups is 1. The van der Waals surface area contributed by atoms with Gasteiger partial charge in [0, 0.05) is 17.8 Å². The fraction of sp³-hybridized carbons (Fsp3) is 0.167. The maximum Gasteiger partial charge on any atom is 0.319 e. The monoisotopic (exact) mass is 449 g/mol. The Hall–Kier alpha value is -3.49. The van der Waals surface area contributed by atoms with E-state index in [1.54, 1.807) is 12.1 Å². The predicted octanol–water partition coefficient (Wildman–Crippen LogP) is 3.76. The third-order valence-electron chi connectivity index (χ3n) is 4.84. The van der Waals surface area contributed by atoms with E-state index in [9.17, 15) is 9.00 Å². The predicted molar refractivity (Wildman–Crippen MR) is 129 cm³/mol. The van der Waals surface area contributed by atoms with Gasteiger partial charge in [0.05, 0.1) is 22.0 Å². The number of nitrogens with two attached hydrogens (primary N) is 1. The molecule has 1 atom stereocenters. The van der Waals surface area contributed by atoms with E-state index in [0.717, 1.165) is 29.1 Å². The lowest BCUT2D eigenvalue weighted by Gasteiger charge is -2.08. The molecule has 7 nitrogen and oxygen atoms in total. The van der Waals surface area contributed by atoms with E-state index in [2.05, 4.69) is 54.1 Å². The Morgan fingerprint density at radius 2 is 1.88 bits per heavy atom. The second kappa shape index (κ2) is 10.7. The van der Waals surface area contributed by atoms with Crippen molar-refractivity contribution in [3.63, 3.8) is 0 Å². The van der Waals surface area contributed by atoms with Crippen LogP contribution in [0.25, 0.3) is 16.9 Å². The van der Waals surface area contributed by atoms with E-state index in [-0.39, 0.29) is 6.03 Å². The van der Waals surface area contributed by atoms with Gasteiger partial charge in [0.2, 0.25) is 0 Å². The molecule has 1 aromatic heterocycles. The van der Waals surface area contributed by atoms with Crippen molar-refractivity contribution in [3.05, 3.63) is 90.8 Å². The lowest BCUT2D eigenvalue weighted by molar-refractivity contribution is 0.243. The van der Waals surface area contributed by atoms with Gasteiger partial charge in [-0.05, 0) is 56.2 Å². The van der Waals surface area contributed by atoms with E-state index in [0.29, 0.717) is 23.6 Å². The minimum Gasteiger partial charge on any atom is -0.338 e. The van der Waals surface area contributed by atoms with E-state index in [1.807, 2.05) is 23.7 Å². The summed E-state index contributed by atoms with van der Waals surface area (Å²) in [6.45, 7) is 9.75. The number of carbonyl (C=O) groups is 1. The van der Waals surface area contributed by atoms with Crippen LogP contribution >= 0.6 is 0 Å². The number of allylic oxidation sites excluding steroid dienone is 1. The molecule has 4 N–H and O–H groups in total. The summed E-state index contributed by atoms with van der Waals surface area (Å²) in [5.41, 5.74) is 5.38. The van der Waals surface area contributed by atoms with E-state index in [1.165, 1.54) is 11.6 Å². The van der Waals surface area contributed by atoms with Crippen molar-refractivity contribution in [1.29, 1.82) is 0 Å².